The molecule has 0 amide bonds. The summed E-state index contributed by atoms with van der Waals surface area (Å²) in [4.78, 5) is 0. The van der Waals surface area contributed by atoms with E-state index in [4.69, 9.17) is 4.74 Å². The average Bonchev–Trinajstić information content (AvgIpc) is 2.45. The fourth-order valence-electron chi connectivity index (χ4n) is 1.02. The van der Waals surface area contributed by atoms with Crippen LogP contribution in [0.2, 0.25) is 0 Å². The zero-order valence-electron chi connectivity index (χ0n) is 7.96. The van der Waals surface area contributed by atoms with Crippen molar-refractivity contribution in [3.05, 3.63) is 11.8 Å². The third-order valence-electron chi connectivity index (χ3n) is 1.94. The molecule has 0 bridgehead atoms. The Hall–Kier alpha value is -1.03. The zero-order valence-corrected chi connectivity index (χ0v) is 7.96. The topological polar surface area (TPSA) is 39.1 Å². The number of nitrogens with one attached hydrogen (secondary N) is 1. The summed E-state index contributed by atoms with van der Waals surface area (Å²) in [6, 6.07) is 2.20. The fraction of sp³-hybridized carbons (Fsp3) is 0.625. The van der Waals surface area contributed by atoms with Crippen molar-refractivity contribution < 1.29 is 4.74 Å². The van der Waals surface area contributed by atoms with E-state index in [2.05, 4.69) is 17.3 Å². The van der Waals surface area contributed by atoms with E-state index in [1.807, 2.05) is 20.2 Å². The minimum absolute atomic E-state index is 0.264. The lowest BCUT2D eigenvalue weighted by molar-refractivity contribution is 0.373. The fourth-order valence-corrected chi connectivity index (χ4v) is 1.02. The van der Waals surface area contributed by atoms with E-state index in [0.717, 1.165) is 11.6 Å². The van der Waals surface area contributed by atoms with Gasteiger partial charge in [0.15, 0.2) is 0 Å². The van der Waals surface area contributed by atoms with Crippen LogP contribution in [0.3, 0.4) is 0 Å². The predicted molar refractivity (Wildman–Crippen MR) is 47.2 cm³/mol. The Morgan fingerprint density at radius 1 is 1.67 bits per heavy atom. The lowest BCUT2D eigenvalue weighted by Crippen LogP contribution is -2.13. The van der Waals surface area contributed by atoms with Gasteiger partial charge >= 0.3 is 0 Å². The second-order valence-electron chi connectivity index (χ2n) is 2.75. The van der Waals surface area contributed by atoms with Crippen LogP contribution in [0, 0.1) is 0 Å². The molecule has 1 heterocycles. The van der Waals surface area contributed by atoms with Crippen LogP contribution in [0.5, 0.6) is 5.88 Å². The molecular weight excluding hydrogens is 154 g/mol. The van der Waals surface area contributed by atoms with Gasteiger partial charge < -0.3 is 10.1 Å². The van der Waals surface area contributed by atoms with Gasteiger partial charge in [-0.15, -0.1) is 0 Å². The molecule has 0 aliphatic carbocycles. The minimum Gasteiger partial charge on any atom is -0.481 e. The Kier molecular flexibility index (Phi) is 2.70. The van der Waals surface area contributed by atoms with E-state index in [1.165, 1.54) is 0 Å². The molecule has 1 aromatic rings. The number of aryl methyl sites for hydroxylation is 1. The van der Waals surface area contributed by atoms with Gasteiger partial charge in [-0.3, -0.25) is 0 Å². The van der Waals surface area contributed by atoms with Crippen molar-refractivity contribution in [3.63, 3.8) is 0 Å². The number of ether oxygens (including phenoxy) is 1. The summed E-state index contributed by atoms with van der Waals surface area (Å²) in [5.74, 6) is 0.784. The van der Waals surface area contributed by atoms with Crippen molar-refractivity contribution in [3.8, 4) is 5.88 Å². The third-order valence-corrected chi connectivity index (χ3v) is 1.94. The van der Waals surface area contributed by atoms with Gasteiger partial charge in [-0.1, -0.05) is 0 Å². The van der Waals surface area contributed by atoms with E-state index >= 15 is 0 Å². The molecule has 0 aliphatic rings. The van der Waals surface area contributed by atoms with Crippen LogP contribution in [0.15, 0.2) is 6.07 Å². The normalized spacial score (nSPS) is 13.0. The number of hydrogen-bond donors (Lipinski definition) is 1. The molecule has 4 nitrogen and oxygen atoms in total. The monoisotopic (exact) mass is 169 g/mol. The van der Waals surface area contributed by atoms with Crippen LogP contribution in [0.4, 0.5) is 0 Å². The Bertz CT molecular complexity index is 257. The minimum atomic E-state index is 0.264. The van der Waals surface area contributed by atoms with Gasteiger partial charge in [-0.05, 0) is 14.0 Å². The van der Waals surface area contributed by atoms with Crippen molar-refractivity contribution in [1.29, 1.82) is 0 Å². The van der Waals surface area contributed by atoms with Gasteiger partial charge in [-0.2, -0.15) is 5.10 Å². The molecule has 0 saturated carbocycles. The molecule has 0 spiro atoms. The van der Waals surface area contributed by atoms with E-state index in [-0.39, 0.29) is 6.04 Å². The van der Waals surface area contributed by atoms with Crippen LogP contribution >= 0.6 is 0 Å². The van der Waals surface area contributed by atoms with Gasteiger partial charge in [0.05, 0.1) is 12.8 Å². The standard InChI is InChI=1S/C8H15N3O/c1-6(9-2)7-5-8(12-4)11(3)10-7/h5-6,9H,1-4H3. The number of nitrogens with zero attached hydrogens (tertiary/aromatic N) is 2. The number of hydrogen-bond acceptors (Lipinski definition) is 3. The maximum Gasteiger partial charge on any atom is 0.211 e. The molecule has 4 heteroatoms. The van der Waals surface area contributed by atoms with Crippen molar-refractivity contribution in [2.45, 2.75) is 13.0 Å². The highest BCUT2D eigenvalue weighted by Gasteiger charge is 2.09. The summed E-state index contributed by atoms with van der Waals surface area (Å²) in [5, 5.41) is 7.40. The van der Waals surface area contributed by atoms with Gasteiger partial charge in [0, 0.05) is 19.2 Å². The second-order valence-corrected chi connectivity index (χ2v) is 2.75. The Morgan fingerprint density at radius 2 is 2.33 bits per heavy atom. The van der Waals surface area contributed by atoms with Crippen LogP contribution in [0.1, 0.15) is 18.7 Å². The third kappa shape index (κ3) is 1.58. The van der Waals surface area contributed by atoms with E-state index in [1.54, 1.807) is 11.8 Å². The van der Waals surface area contributed by atoms with Crippen molar-refractivity contribution in [2.75, 3.05) is 14.2 Å². The molecule has 0 fully saturated rings. The van der Waals surface area contributed by atoms with E-state index < -0.39 is 0 Å². The van der Waals surface area contributed by atoms with Crippen LogP contribution in [-0.2, 0) is 7.05 Å². The Balaban J connectivity index is 2.88. The highest BCUT2D eigenvalue weighted by atomic mass is 16.5. The quantitative estimate of drug-likeness (QED) is 0.724. The summed E-state index contributed by atoms with van der Waals surface area (Å²) in [6.07, 6.45) is 0. The molecule has 1 unspecified atom stereocenters. The molecule has 12 heavy (non-hydrogen) atoms. The van der Waals surface area contributed by atoms with Crippen molar-refractivity contribution in [2.24, 2.45) is 7.05 Å². The van der Waals surface area contributed by atoms with Crippen molar-refractivity contribution >= 4 is 0 Å². The summed E-state index contributed by atoms with van der Waals surface area (Å²) in [6.45, 7) is 2.06. The van der Waals surface area contributed by atoms with Crippen LogP contribution in [-0.4, -0.2) is 23.9 Å². The number of aromatic nitrogens is 2. The van der Waals surface area contributed by atoms with Crippen molar-refractivity contribution in [1.82, 2.24) is 15.1 Å². The largest absolute Gasteiger partial charge is 0.481 e. The first-order chi connectivity index (χ1) is 5.69. The smallest absolute Gasteiger partial charge is 0.211 e. The maximum absolute atomic E-state index is 5.09. The lowest BCUT2D eigenvalue weighted by atomic mass is 10.2. The average molecular weight is 169 g/mol. The summed E-state index contributed by atoms with van der Waals surface area (Å²) >= 11 is 0. The Labute approximate surface area is 72.5 Å². The predicted octanol–water partition coefficient (Wildman–Crippen LogP) is 0.709. The summed E-state index contributed by atoms with van der Waals surface area (Å²) in [5.41, 5.74) is 0.997. The van der Waals surface area contributed by atoms with Crippen LogP contribution in [0.25, 0.3) is 0 Å². The van der Waals surface area contributed by atoms with Gasteiger partial charge in [0.25, 0.3) is 0 Å². The first-order valence-electron chi connectivity index (χ1n) is 3.94. The number of methoxy groups -OCH3 is 1. The molecule has 1 rings (SSSR count). The first kappa shape index (κ1) is 9.06. The molecule has 0 radical (unpaired) electrons. The lowest BCUT2D eigenvalue weighted by Gasteiger charge is -2.03. The van der Waals surface area contributed by atoms with Crippen LogP contribution < -0.4 is 10.1 Å². The molecule has 68 valence electrons. The second kappa shape index (κ2) is 3.58. The first-order valence-corrected chi connectivity index (χ1v) is 3.94. The molecule has 1 N–H and O–H groups in total. The highest BCUT2D eigenvalue weighted by molar-refractivity contribution is 5.17. The molecular formula is C8H15N3O. The Morgan fingerprint density at radius 3 is 2.75 bits per heavy atom. The maximum atomic E-state index is 5.09. The van der Waals surface area contributed by atoms with E-state index in [0.29, 0.717) is 0 Å². The molecule has 0 aromatic carbocycles. The van der Waals surface area contributed by atoms with Gasteiger partial charge in [-0.25, -0.2) is 4.68 Å². The van der Waals surface area contributed by atoms with E-state index in [9.17, 15) is 0 Å². The molecule has 0 saturated heterocycles. The van der Waals surface area contributed by atoms with Gasteiger partial charge in [0.2, 0.25) is 5.88 Å². The molecule has 1 atom stereocenters. The number of rotatable bonds is 3. The zero-order chi connectivity index (χ0) is 9.14. The highest BCUT2D eigenvalue weighted by Crippen LogP contribution is 2.16. The molecule has 0 aliphatic heterocycles. The molecule has 1 aromatic heterocycles. The summed E-state index contributed by atoms with van der Waals surface area (Å²) in [7, 11) is 5.42. The van der Waals surface area contributed by atoms with Gasteiger partial charge in [0.1, 0.15) is 0 Å². The SMILES string of the molecule is CNC(C)c1cc(OC)n(C)n1. The summed E-state index contributed by atoms with van der Waals surface area (Å²) < 4.78 is 6.82.